The van der Waals surface area contributed by atoms with Crippen LogP contribution < -0.4 is 10.0 Å². The second-order valence-corrected chi connectivity index (χ2v) is 5.65. The summed E-state index contributed by atoms with van der Waals surface area (Å²) < 4.78 is 30.0. The van der Waals surface area contributed by atoms with Crippen LogP contribution in [0.1, 0.15) is 6.92 Å². The highest BCUT2D eigenvalue weighted by molar-refractivity contribution is 7.89. The number of carbonyl (C=O) groups excluding carboxylic acids is 1. The van der Waals surface area contributed by atoms with Gasteiger partial charge in [0.15, 0.2) is 5.57 Å². The van der Waals surface area contributed by atoms with Crippen molar-refractivity contribution in [2.24, 2.45) is 0 Å². The predicted octanol–water partition coefficient (Wildman–Crippen LogP) is 0.977. The van der Waals surface area contributed by atoms with Crippen molar-refractivity contribution < 1.29 is 17.9 Å². The number of hydrogen-bond donors (Lipinski definition) is 2. The van der Waals surface area contributed by atoms with E-state index in [0.29, 0.717) is 5.69 Å². The van der Waals surface area contributed by atoms with Crippen molar-refractivity contribution in [2.45, 2.75) is 11.8 Å². The molecule has 0 fully saturated rings. The first-order chi connectivity index (χ1) is 9.94. The van der Waals surface area contributed by atoms with E-state index in [0.717, 1.165) is 0 Å². The molecule has 0 aromatic heterocycles. The van der Waals surface area contributed by atoms with E-state index in [-0.39, 0.29) is 17.1 Å². The van der Waals surface area contributed by atoms with Crippen LogP contribution in [0.5, 0.6) is 0 Å². The zero-order valence-corrected chi connectivity index (χ0v) is 12.4. The lowest BCUT2D eigenvalue weighted by molar-refractivity contribution is -0.138. The lowest BCUT2D eigenvalue weighted by Gasteiger charge is -2.05. The standard InChI is InChI=1S/C13H15N3O4S/c1-3-20-13(17)10(8-14)9-16-11-4-6-12(7-5-11)21(18,19)15-2/h4-7,9,15-16H,3H2,1-2H3/b10-9+. The minimum Gasteiger partial charge on any atom is -0.462 e. The van der Waals surface area contributed by atoms with Gasteiger partial charge in [-0.15, -0.1) is 0 Å². The highest BCUT2D eigenvalue weighted by Gasteiger charge is 2.11. The largest absolute Gasteiger partial charge is 0.462 e. The number of nitrogens with zero attached hydrogens (tertiary/aromatic N) is 1. The van der Waals surface area contributed by atoms with Crippen LogP contribution in [-0.2, 0) is 19.6 Å². The van der Waals surface area contributed by atoms with Gasteiger partial charge in [0, 0.05) is 11.9 Å². The number of nitriles is 1. The van der Waals surface area contributed by atoms with E-state index in [9.17, 15) is 13.2 Å². The molecule has 0 aliphatic carbocycles. The molecule has 7 nitrogen and oxygen atoms in total. The van der Waals surface area contributed by atoms with E-state index in [1.54, 1.807) is 13.0 Å². The molecule has 0 heterocycles. The van der Waals surface area contributed by atoms with Gasteiger partial charge in [-0.2, -0.15) is 5.26 Å². The Hall–Kier alpha value is -2.37. The van der Waals surface area contributed by atoms with E-state index in [4.69, 9.17) is 10.00 Å². The third-order valence-electron chi connectivity index (χ3n) is 2.43. The molecule has 1 aromatic rings. The topological polar surface area (TPSA) is 108 Å². The van der Waals surface area contributed by atoms with Crippen molar-refractivity contribution in [2.75, 3.05) is 19.0 Å². The van der Waals surface area contributed by atoms with Gasteiger partial charge in [0.05, 0.1) is 11.5 Å². The van der Waals surface area contributed by atoms with Gasteiger partial charge >= 0.3 is 5.97 Å². The molecule has 0 spiro atoms. The number of nitrogens with one attached hydrogen (secondary N) is 2. The maximum absolute atomic E-state index is 11.5. The van der Waals surface area contributed by atoms with Crippen LogP contribution in [0.4, 0.5) is 5.69 Å². The molecule has 1 rings (SSSR count). The molecule has 0 saturated carbocycles. The Balaban J connectivity index is 2.86. The van der Waals surface area contributed by atoms with Gasteiger partial charge in [-0.1, -0.05) is 0 Å². The molecule has 0 aliphatic rings. The van der Waals surface area contributed by atoms with Gasteiger partial charge in [-0.25, -0.2) is 17.9 Å². The lowest BCUT2D eigenvalue weighted by atomic mass is 10.3. The summed E-state index contributed by atoms with van der Waals surface area (Å²) in [5, 5.41) is 11.6. The quantitative estimate of drug-likeness (QED) is 0.460. The summed E-state index contributed by atoms with van der Waals surface area (Å²) in [7, 11) is -2.17. The molecule has 0 amide bonds. The van der Waals surface area contributed by atoms with Crippen LogP contribution in [0.3, 0.4) is 0 Å². The molecule has 0 aliphatic heterocycles. The van der Waals surface area contributed by atoms with E-state index in [1.807, 2.05) is 0 Å². The van der Waals surface area contributed by atoms with Gasteiger partial charge in [0.25, 0.3) is 0 Å². The normalized spacial score (nSPS) is 11.6. The van der Waals surface area contributed by atoms with Gasteiger partial charge in [0.2, 0.25) is 10.0 Å². The number of benzene rings is 1. The van der Waals surface area contributed by atoms with Crippen LogP contribution in [0, 0.1) is 11.3 Å². The molecule has 0 bridgehead atoms. The van der Waals surface area contributed by atoms with Crippen molar-refractivity contribution >= 4 is 21.7 Å². The average Bonchev–Trinajstić information content (AvgIpc) is 2.48. The first-order valence-electron chi connectivity index (χ1n) is 6.02. The fourth-order valence-corrected chi connectivity index (χ4v) is 2.08. The van der Waals surface area contributed by atoms with Crippen molar-refractivity contribution in [3.05, 3.63) is 36.0 Å². The molecular weight excluding hydrogens is 294 g/mol. The Labute approximate surface area is 123 Å². The Morgan fingerprint density at radius 1 is 1.38 bits per heavy atom. The summed E-state index contributed by atoms with van der Waals surface area (Å²) in [6.45, 7) is 1.82. The monoisotopic (exact) mass is 309 g/mol. The zero-order chi connectivity index (χ0) is 15.9. The van der Waals surface area contributed by atoms with E-state index < -0.39 is 16.0 Å². The minimum atomic E-state index is -3.49. The molecule has 0 atom stereocenters. The molecule has 8 heteroatoms. The average molecular weight is 309 g/mol. The highest BCUT2D eigenvalue weighted by Crippen LogP contribution is 2.14. The number of esters is 1. The lowest BCUT2D eigenvalue weighted by Crippen LogP contribution is -2.18. The van der Waals surface area contributed by atoms with E-state index >= 15 is 0 Å². The molecule has 2 N–H and O–H groups in total. The maximum Gasteiger partial charge on any atom is 0.350 e. The third-order valence-corrected chi connectivity index (χ3v) is 3.86. The van der Waals surface area contributed by atoms with Crippen LogP contribution in [0.2, 0.25) is 0 Å². The Morgan fingerprint density at radius 3 is 2.48 bits per heavy atom. The first kappa shape index (κ1) is 16.7. The van der Waals surface area contributed by atoms with Gasteiger partial charge < -0.3 is 10.1 Å². The number of anilines is 1. The minimum absolute atomic E-state index is 0.116. The van der Waals surface area contributed by atoms with Crippen LogP contribution in [0.15, 0.2) is 40.9 Å². The van der Waals surface area contributed by atoms with Gasteiger partial charge in [-0.3, -0.25) is 0 Å². The van der Waals surface area contributed by atoms with Gasteiger partial charge in [-0.05, 0) is 38.2 Å². The number of hydrogen-bond acceptors (Lipinski definition) is 6. The molecule has 0 unspecified atom stereocenters. The smallest absolute Gasteiger partial charge is 0.350 e. The Bertz CT molecular complexity index is 672. The number of sulfonamides is 1. The molecular formula is C13H15N3O4S. The van der Waals surface area contributed by atoms with Crippen molar-refractivity contribution in [1.82, 2.24) is 4.72 Å². The third kappa shape index (κ3) is 4.59. The summed E-state index contributed by atoms with van der Waals surface area (Å²) in [4.78, 5) is 11.5. The summed E-state index contributed by atoms with van der Waals surface area (Å²) in [5.41, 5.74) is 0.353. The van der Waals surface area contributed by atoms with Crippen LogP contribution >= 0.6 is 0 Å². The highest BCUT2D eigenvalue weighted by atomic mass is 32.2. The summed E-state index contributed by atoms with van der Waals surface area (Å²) in [5.74, 6) is -0.720. The van der Waals surface area contributed by atoms with E-state index in [2.05, 4.69) is 10.0 Å². The summed E-state index contributed by atoms with van der Waals surface area (Å²) in [6.07, 6.45) is 1.21. The first-order valence-corrected chi connectivity index (χ1v) is 7.50. The number of carbonyl (C=O) groups is 1. The number of rotatable bonds is 6. The number of ether oxygens (including phenoxy) is 1. The predicted molar refractivity (Wildman–Crippen MR) is 76.6 cm³/mol. The van der Waals surface area contributed by atoms with Crippen molar-refractivity contribution in [3.63, 3.8) is 0 Å². The molecule has 1 aromatic carbocycles. The Kier molecular flexibility index (Phi) is 5.90. The Morgan fingerprint density at radius 2 is 2.00 bits per heavy atom. The molecule has 0 radical (unpaired) electrons. The second kappa shape index (κ2) is 7.42. The van der Waals surface area contributed by atoms with Crippen LogP contribution in [-0.4, -0.2) is 28.0 Å². The second-order valence-electron chi connectivity index (χ2n) is 3.77. The van der Waals surface area contributed by atoms with Crippen molar-refractivity contribution in [3.8, 4) is 6.07 Å². The van der Waals surface area contributed by atoms with Crippen molar-refractivity contribution in [1.29, 1.82) is 5.26 Å². The summed E-state index contributed by atoms with van der Waals surface area (Å²) in [6, 6.07) is 7.55. The van der Waals surface area contributed by atoms with Crippen LogP contribution in [0.25, 0.3) is 0 Å². The SMILES string of the molecule is CCOC(=O)/C(C#N)=C/Nc1ccc(S(=O)(=O)NC)cc1. The summed E-state index contributed by atoms with van der Waals surface area (Å²) >= 11 is 0. The molecule has 112 valence electrons. The van der Waals surface area contributed by atoms with Gasteiger partial charge in [0.1, 0.15) is 6.07 Å². The van der Waals surface area contributed by atoms with E-state index in [1.165, 1.54) is 37.5 Å². The fourth-order valence-electron chi connectivity index (χ4n) is 1.35. The molecule has 21 heavy (non-hydrogen) atoms. The molecule has 0 saturated heterocycles. The fraction of sp³-hybridized carbons (Fsp3) is 0.231. The maximum atomic E-state index is 11.5. The zero-order valence-electron chi connectivity index (χ0n) is 11.6.